The number of aromatic nitrogens is 3. The van der Waals surface area contributed by atoms with Crippen molar-refractivity contribution in [1.82, 2.24) is 20.1 Å². The Bertz CT molecular complexity index is 859. The fourth-order valence-electron chi connectivity index (χ4n) is 2.21. The first kappa shape index (κ1) is 15.6. The van der Waals surface area contributed by atoms with Crippen molar-refractivity contribution in [2.45, 2.75) is 13.3 Å². The van der Waals surface area contributed by atoms with Gasteiger partial charge in [-0.3, -0.25) is 9.48 Å². The zero-order valence-corrected chi connectivity index (χ0v) is 14.1. The van der Waals surface area contributed by atoms with E-state index < -0.39 is 5.97 Å². The van der Waals surface area contributed by atoms with Gasteiger partial charge in [0.2, 0.25) is 0 Å². The van der Waals surface area contributed by atoms with Gasteiger partial charge in [0.05, 0.1) is 15.6 Å². The standard InChI is InChI=1S/C14H14N4O3S2/c1-7-8-5-10(23-13(8)18(2)17-7)12(19)15-4-3-11-16-9(6-22-11)14(20)21/h5-6H,3-4H2,1-2H3,(H,15,19)(H,20,21). The molecule has 0 saturated carbocycles. The largest absolute Gasteiger partial charge is 0.476 e. The second kappa shape index (κ2) is 6.09. The highest BCUT2D eigenvalue weighted by Gasteiger charge is 2.15. The van der Waals surface area contributed by atoms with Crippen LogP contribution >= 0.6 is 22.7 Å². The maximum atomic E-state index is 12.2. The summed E-state index contributed by atoms with van der Waals surface area (Å²) >= 11 is 2.69. The SMILES string of the molecule is Cc1nn(C)c2sc(C(=O)NCCc3nc(C(=O)O)cs3)cc12. The summed E-state index contributed by atoms with van der Waals surface area (Å²) < 4.78 is 1.77. The number of carbonyl (C=O) groups excluding carboxylic acids is 1. The average molecular weight is 350 g/mol. The molecule has 1 amide bonds. The van der Waals surface area contributed by atoms with Gasteiger partial charge in [0, 0.05) is 30.8 Å². The number of carboxylic acids is 1. The number of carbonyl (C=O) groups is 2. The van der Waals surface area contributed by atoms with Crippen molar-refractivity contribution < 1.29 is 14.7 Å². The van der Waals surface area contributed by atoms with Crippen LogP contribution in [0.5, 0.6) is 0 Å². The molecule has 0 bridgehead atoms. The van der Waals surface area contributed by atoms with Gasteiger partial charge in [0.1, 0.15) is 4.83 Å². The van der Waals surface area contributed by atoms with Crippen LogP contribution in [-0.2, 0) is 13.5 Å². The molecular formula is C14H14N4O3S2. The Morgan fingerprint density at radius 2 is 2.22 bits per heavy atom. The third-order valence-corrected chi connectivity index (χ3v) is 5.42. The van der Waals surface area contributed by atoms with Gasteiger partial charge < -0.3 is 10.4 Å². The van der Waals surface area contributed by atoms with Crippen molar-refractivity contribution in [1.29, 1.82) is 0 Å². The van der Waals surface area contributed by atoms with Gasteiger partial charge in [0.25, 0.3) is 5.91 Å². The number of rotatable bonds is 5. The lowest BCUT2D eigenvalue weighted by molar-refractivity contribution is 0.0690. The van der Waals surface area contributed by atoms with E-state index in [4.69, 9.17) is 5.11 Å². The first-order valence-corrected chi connectivity index (χ1v) is 8.54. The third kappa shape index (κ3) is 3.10. The molecule has 0 saturated heterocycles. The molecule has 0 spiro atoms. The number of carboxylic acid groups (broad SMARTS) is 1. The number of hydrogen-bond acceptors (Lipinski definition) is 6. The molecule has 0 aliphatic carbocycles. The molecule has 2 N–H and O–H groups in total. The second-order valence-corrected chi connectivity index (χ2v) is 6.95. The van der Waals surface area contributed by atoms with E-state index in [1.165, 1.54) is 28.1 Å². The number of thiophene rings is 1. The quantitative estimate of drug-likeness (QED) is 0.734. The second-order valence-electron chi connectivity index (χ2n) is 4.98. The minimum Gasteiger partial charge on any atom is -0.476 e. The van der Waals surface area contributed by atoms with Crippen molar-refractivity contribution in [3.63, 3.8) is 0 Å². The highest BCUT2D eigenvalue weighted by Crippen LogP contribution is 2.27. The Balaban J connectivity index is 1.61. The van der Waals surface area contributed by atoms with Gasteiger partial charge in [-0.1, -0.05) is 0 Å². The molecule has 0 fully saturated rings. The van der Waals surface area contributed by atoms with E-state index in [2.05, 4.69) is 15.4 Å². The van der Waals surface area contributed by atoms with Crippen molar-refractivity contribution in [2.24, 2.45) is 7.05 Å². The molecule has 0 aliphatic rings. The van der Waals surface area contributed by atoms with E-state index in [1.807, 2.05) is 20.0 Å². The van der Waals surface area contributed by atoms with Gasteiger partial charge in [-0.2, -0.15) is 5.10 Å². The Kier molecular flexibility index (Phi) is 4.14. The fraction of sp³-hybridized carbons (Fsp3) is 0.286. The predicted octanol–water partition coefficient (Wildman–Crippen LogP) is 2.07. The molecule has 0 aromatic carbocycles. The zero-order chi connectivity index (χ0) is 16.6. The van der Waals surface area contributed by atoms with Gasteiger partial charge >= 0.3 is 5.97 Å². The molecule has 3 rings (SSSR count). The normalized spacial score (nSPS) is 11.0. The van der Waals surface area contributed by atoms with E-state index >= 15 is 0 Å². The summed E-state index contributed by atoms with van der Waals surface area (Å²) in [5, 5.41) is 19.2. The Hall–Kier alpha value is -2.26. The topological polar surface area (TPSA) is 97.1 Å². The van der Waals surface area contributed by atoms with E-state index in [0.717, 1.165) is 15.9 Å². The first-order valence-electron chi connectivity index (χ1n) is 6.84. The highest BCUT2D eigenvalue weighted by molar-refractivity contribution is 7.20. The number of aromatic carboxylic acids is 1. The fourth-order valence-corrected chi connectivity index (χ4v) is 4.02. The number of fused-ring (bicyclic) bond motifs is 1. The summed E-state index contributed by atoms with van der Waals surface area (Å²) in [6, 6.07) is 1.85. The predicted molar refractivity (Wildman–Crippen MR) is 88.4 cm³/mol. The van der Waals surface area contributed by atoms with E-state index in [9.17, 15) is 9.59 Å². The molecule has 0 atom stereocenters. The maximum Gasteiger partial charge on any atom is 0.355 e. The van der Waals surface area contributed by atoms with Gasteiger partial charge in [-0.15, -0.1) is 22.7 Å². The molecule has 3 heterocycles. The first-order chi connectivity index (χ1) is 11.0. The molecule has 120 valence electrons. The van der Waals surface area contributed by atoms with Gasteiger partial charge in [0.15, 0.2) is 5.69 Å². The monoisotopic (exact) mass is 350 g/mol. The Labute approximate surface area is 139 Å². The molecule has 3 aromatic heterocycles. The van der Waals surface area contributed by atoms with Crippen LogP contribution in [0.15, 0.2) is 11.4 Å². The lowest BCUT2D eigenvalue weighted by Crippen LogP contribution is -2.24. The van der Waals surface area contributed by atoms with Crippen LogP contribution in [0.3, 0.4) is 0 Å². The van der Waals surface area contributed by atoms with Crippen LogP contribution in [-0.4, -0.2) is 38.3 Å². The van der Waals surface area contributed by atoms with Crippen LogP contribution in [0.2, 0.25) is 0 Å². The van der Waals surface area contributed by atoms with Crippen molar-refractivity contribution in [3.8, 4) is 0 Å². The molecule has 0 unspecified atom stereocenters. The Morgan fingerprint density at radius 1 is 1.43 bits per heavy atom. The molecule has 9 heteroatoms. The lowest BCUT2D eigenvalue weighted by Gasteiger charge is -2.01. The molecular weight excluding hydrogens is 336 g/mol. The molecule has 3 aromatic rings. The van der Waals surface area contributed by atoms with E-state index in [-0.39, 0.29) is 11.6 Å². The number of amides is 1. The molecule has 0 radical (unpaired) electrons. The van der Waals surface area contributed by atoms with E-state index in [1.54, 1.807) is 4.68 Å². The summed E-state index contributed by atoms with van der Waals surface area (Å²) in [5.74, 6) is -1.17. The summed E-state index contributed by atoms with van der Waals surface area (Å²) in [5.41, 5.74) is 0.950. The maximum absolute atomic E-state index is 12.2. The molecule has 7 nitrogen and oxygen atoms in total. The van der Waals surface area contributed by atoms with Crippen LogP contribution in [0.4, 0.5) is 0 Å². The average Bonchev–Trinajstić information content (AvgIpc) is 3.18. The highest BCUT2D eigenvalue weighted by atomic mass is 32.1. The van der Waals surface area contributed by atoms with Crippen LogP contribution < -0.4 is 5.32 Å². The van der Waals surface area contributed by atoms with Crippen molar-refractivity contribution >= 4 is 44.8 Å². The van der Waals surface area contributed by atoms with E-state index in [0.29, 0.717) is 22.9 Å². The summed E-state index contributed by atoms with van der Waals surface area (Å²) in [6.45, 7) is 2.33. The number of nitrogens with one attached hydrogen (secondary N) is 1. The number of thiazole rings is 1. The minimum atomic E-state index is -1.04. The number of hydrogen-bond donors (Lipinski definition) is 2. The Morgan fingerprint density at radius 3 is 2.87 bits per heavy atom. The smallest absolute Gasteiger partial charge is 0.355 e. The number of aryl methyl sites for hydroxylation is 2. The third-order valence-electron chi connectivity index (χ3n) is 3.32. The van der Waals surface area contributed by atoms with Gasteiger partial charge in [-0.25, -0.2) is 9.78 Å². The van der Waals surface area contributed by atoms with Crippen molar-refractivity contribution in [2.75, 3.05) is 6.54 Å². The minimum absolute atomic E-state index is 0.0452. The summed E-state index contributed by atoms with van der Waals surface area (Å²) in [7, 11) is 1.86. The van der Waals surface area contributed by atoms with Crippen LogP contribution in [0, 0.1) is 6.92 Å². The summed E-state index contributed by atoms with van der Waals surface area (Å²) in [6.07, 6.45) is 0.509. The van der Waals surface area contributed by atoms with Gasteiger partial charge in [-0.05, 0) is 13.0 Å². The summed E-state index contributed by atoms with van der Waals surface area (Å²) in [4.78, 5) is 28.6. The van der Waals surface area contributed by atoms with Crippen LogP contribution in [0.25, 0.3) is 10.2 Å². The zero-order valence-electron chi connectivity index (χ0n) is 12.5. The lowest BCUT2D eigenvalue weighted by atomic mass is 10.3. The number of nitrogens with zero attached hydrogens (tertiary/aromatic N) is 3. The van der Waals surface area contributed by atoms with Crippen LogP contribution in [0.1, 0.15) is 30.9 Å². The molecule has 0 aliphatic heterocycles. The van der Waals surface area contributed by atoms with Crippen molar-refractivity contribution in [3.05, 3.63) is 32.7 Å². The molecule has 23 heavy (non-hydrogen) atoms.